The lowest BCUT2D eigenvalue weighted by molar-refractivity contribution is -0.148. The Morgan fingerprint density at radius 1 is 0.455 bits per heavy atom. The van der Waals surface area contributed by atoms with E-state index < -0.39 is 18.2 Å². The molecule has 6 nitrogen and oxygen atoms in total. The molecule has 3 N–H and O–H groups in total. The number of unbranched alkanes of at least 4 members (excludes halogenated alkanes) is 31. The maximum Gasteiger partial charge on any atom is 0.306 e. The van der Waals surface area contributed by atoms with Crippen LogP contribution in [0, 0.1) is 0 Å². The summed E-state index contributed by atoms with van der Waals surface area (Å²) in [5, 5.41) is 23.8. The molecule has 66 heavy (non-hydrogen) atoms. The Bertz CT molecular complexity index is 1170. The van der Waals surface area contributed by atoms with Crippen LogP contribution in [0.4, 0.5) is 0 Å². The summed E-state index contributed by atoms with van der Waals surface area (Å²) in [5.41, 5.74) is 0. The first-order valence-electron chi connectivity index (χ1n) is 28.5. The van der Waals surface area contributed by atoms with Crippen molar-refractivity contribution in [2.75, 3.05) is 6.61 Å². The van der Waals surface area contributed by atoms with E-state index in [-0.39, 0.29) is 24.9 Å². The van der Waals surface area contributed by atoms with Gasteiger partial charge in [-0.1, -0.05) is 281 Å². The second-order valence-corrected chi connectivity index (χ2v) is 19.3. The largest absolute Gasteiger partial charge is 0.458 e. The van der Waals surface area contributed by atoms with Gasteiger partial charge in [0.05, 0.1) is 25.2 Å². The third-order valence-electron chi connectivity index (χ3n) is 12.9. The molecule has 3 unspecified atom stereocenters. The van der Waals surface area contributed by atoms with Gasteiger partial charge in [0.15, 0.2) is 0 Å². The Labute approximate surface area is 409 Å². The van der Waals surface area contributed by atoms with E-state index in [9.17, 15) is 19.8 Å². The molecule has 0 aliphatic rings. The van der Waals surface area contributed by atoms with Gasteiger partial charge in [0, 0.05) is 6.42 Å². The van der Waals surface area contributed by atoms with Crippen LogP contribution >= 0.6 is 0 Å². The average molecular weight is 925 g/mol. The van der Waals surface area contributed by atoms with E-state index in [0.29, 0.717) is 19.3 Å². The molecule has 0 aliphatic heterocycles. The summed E-state index contributed by atoms with van der Waals surface area (Å²) in [6, 6.07) is -0.742. The second-order valence-electron chi connectivity index (χ2n) is 19.3. The number of aliphatic hydroxyl groups excluding tert-OH is 2. The number of esters is 1. The number of allylic oxidation sites excluding steroid dienone is 9. The van der Waals surface area contributed by atoms with Crippen molar-refractivity contribution in [2.24, 2.45) is 0 Å². The topological polar surface area (TPSA) is 95.9 Å². The van der Waals surface area contributed by atoms with Gasteiger partial charge in [-0.25, -0.2) is 0 Å². The highest BCUT2D eigenvalue weighted by atomic mass is 16.5. The van der Waals surface area contributed by atoms with E-state index in [2.05, 4.69) is 74.7 Å². The van der Waals surface area contributed by atoms with Gasteiger partial charge in [-0.15, -0.1) is 0 Å². The summed E-state index contributed by atoms with van der Waals surface area (Å²) in [7, 11) is 0. The molecule has 0 aromatic rings. The Morgan fingerprint density at radius 2 is 0.788 bits per heavy atom. The minimum atomic E-state index is -0.820. The Hall–Kier alpha value is -2.44. The summed E-state index contributed by atoms with van der Waals surface area (Å²) in [6.07, 6.45) is 67.5. The molecular formula is C60H109NO5. The van der Waals surface area contributed by atoms with Gasteiger partial charge in [-0.2, -0.15) is 0 Å². The van der Waals surface area contributed by atoms with Crippen molar-refractivity contribution < 1.29 is 24.5 Å². The van der Waals surface area contributed by atoms with Crippen molar-refractivity contribution >= 4 is 11.9 Å². The number of rotatable bonds is 51. The third kappa shape index (κ3) is 48.0. The summed E-state index contributed by atoms with van der Waals surface area (Å²) >= 11 is 0. The highest BCUT2D eigenvalue weighted by Crippen LogP contribution is 2.17. The zero-order chi connectivity index (χ0) is 48.1. The van der Waals surface area contributed by atoms with Crippen LogP contribution in [0.5, 0.6) is 0 Å². The van der Waals surface area contributed by atoms with E-state index in [1.807, 2.05) is 12.2 Å². The molecule has 6 heteroatoms. The van der Waals surface area contributed by atoms with Gasteiger partial charge in [-0.05, 0) is 51.0 Å². The lowest BCUT2D eigenvalue weighted by atomic mass is 10.0. The van der Waals surface area contributed by atoms with Crippen molar-refractivity contribution in [1.29, 1.82) is 0 Å². The van der Waals surface area contributed by atoms with Crippen molar-refractivity contribution in [3.63, 3.8) is 0 Å². The van der Waals surface area contributed by atoms with Crippen LogP contribution in [0.2, 0.25) is 0 Å². The van der Waals surface area contributed by atoms with Gasteiger partial charge >= 0.3 is 5.97 Å². The normalized spacial score (nSPS) is 13.6. The first kappa shape index (κ1) is 63.6. The molecule has 0 bridgehead atoms. The molecule has 0 radical (unpaired) electrons. The summed E-state index contributed by atoms with van der Waals surface area (Å²) in [6.45, 7) is 6.36. The molecule has 0 saturated heterocycles. The molecule has 0 fully saturated rings. The van der Waals surface area contributed by atoms with E-state index in [1.165, 1.54) is 173 Å². The van der Waals surface area contributed by atoms with Gasteiger partial charge in [0.2, 0.25) is 5.91 Å². The van der Waals surface area contributed by atoms with Crippen LogP contribution in [0.1, 0.15) is 284 Å². The monoisotopic (exact) mass is 924 g/mol. The highest BCUT2D eigenvalue weighted by Gasteiger charge is 2.23. The van der Waals surface area contributed by atoms with Crippen LogP contribution in [0.3, 0.4) is 0 Å². The molecule has 384 valence electrons. The smallest absolute Gasteiger partial charge is 0.306 e. The maximum atomic E-state index is 13.2. The molecule has 0 heterocycles. The average Bonchev–Trinajstić information content (AvgIpc) is 3.31. The Morgan fingerprint density at radius 3 is 1.15 bits per heavy atom. The van der Waals surface area contributed by atoms with Gasteiger partial charge in [-0.3, -0.25) is 9.59 Å². The van der Waals surface area contributed by atoms with Crippen molar-refractivity contribution in [2.45, 2.75) is 302 Å². The van der Waals surface area contributed by atoms with Crippen LogP contribution < -0.4 is 5.32 Å². The van der Waals surface area contributed by atoms with Crippen molar-refractivity contribution in [3.8, 4) is 0 Å². The maximum absolute atomic E-state index is 13.2. The fraction of sp³-hybridized carbons (Fsp3) is 0.800. The number of amides is 1. The highest BCUT2D eigenvalue weighted by molar-refractivity contribution is 5.78. The summed E-state index contributed by atoms with van der Waals surface area (Å²) in [4.78, 5) is 26.2. The number of ether oxygens (including phenoxy) is 1. The summed E-state index contributed by atoms with van der Waals surface area (Å²) in [5.74, 6) is -0.618. The molecular weight excluding hydrogens is 815 g/mol. The minimum absolute atomic E-state index is 0.0439. The SMILES string of the molecule is CC/C=C/C/C=C/C/C=C/C/C=C/C/C=C/C(CC(=O)NC(CO)C(O)CCCCCCCCCCCCCCCCCCC)OC(=O)CCCCCCCCCCCCCCCCCC. The molecule has 0 aromatic carbocycles. The lowest BCUT2D eigenvalue weighted by Gasteiger charge is -2.23. The van der Waals surface area contributed by atoms with Crippen LogP contribution in [-0.4, -0.2) is 46.9 Å². The number of aliphatic hydroxyl groups is 2. The van der Waals surface area contributed by atoms with Crippen molar-refractivity contribution in [3.05, 3.63) is 60.8 Å². The summed E-state index contributed by atoms with van der Waals surface area (Å²) < 4.78 is 5.84. The number of nitrogens with one attached hydrogen (secondary N) is 1. The predicted octanol–water partition coefficient (Wildman–Crippen LogP) is 17.6. The Balaban J connectivity index is 4.61. The minimum Gasteiger partial charge on any atom is -0.458 e. The van der Waals surface area contributed by atoms with E-state index >= 15 is 0 Å². The molecule has 1 amide bonds. The number of hydrogen-bond acceptors (Lipinski definition) is 5. The van der Waals surface area contributed by atoms with Gasteiger partial charge in [0.1, 0.15) is 6.10 Å². The first-order chi connectivity index (χ1) is 32.5. The predicted molar refractivity (Wildman–Crippen MR) is 287 cm³/mol. The lowest BCUT2D eigenvalue weighted by Crippen LogP contribution is -2.46. The number of carbonyl (C=O) groups excluding carboxylic acids is 2. The molecule has 0 saturated carbocycles. The number of carbonyl (C=O) groups is 2. The third-order valence-corrected chi connectivity index (χ3v) is 12.9. The molecule has 0 aliphatic carbocycles. The van der Waals surface area contributed by atoms with Crippen LogP contribution in [-0.2, 0) is 14.3 Å². The fourth-order valence-corrected chi connectivity index (χ4v) is 8.57. The molecule has 0 aromatic heterocycles. The molecule has 0 rings (SSSR count). The number of hydrogen-bond donors (Lipinski definition) is 3. The van der Waals surface area contributed by atoms with Crippen LogP contribution in [0.15, 0.2) is 60.8 Å². The zero-order valence-electron chi connectivity index (χ0n) is 43.8. The second kappa shape index (κ2) is 53.5. The van der Waals surface area contributed by atoms with Gasteiger partial charge < -0.3 is 20.3 Å². The molecule has 0 spiro atoms. The van der Waals surface area contributed by atoms with E-state index in [0.717, 1.165) is 64.2 Å². The van der Waals surface area contributed by atoms with Gasteiger partial charge in [0.25, 0.3) is 0 Å². The molecule has 3 atom stereocenters. The van der Waals surface area contributed by atoms with E-state index in [4.69, 9.17) is 4.74 Å². The standard InChI is InChI=1S/C60H109NO5/c1-4-7-10-13-16-19-22-25-28-30-31-34-37-40-43-46-49-52-58(63)57(55-62)61-59(64)54-56(51-48-45-42-39-36-33-27-24-21-18-15-12-9-6-3)66-60(65)53-50-47-44-41-38-35-32-29-26-23-20-17-14-11-8-5-2/h9,12,18,21,27,33,39,42,48,51,56-58,62-63H,4-8,10-11,13-17,19-20,22-26,28-32,34-38,40-41,43-47,49-50,52-55H2,1-3H3,(H,61,64)/b12-9+,21-18+,33-27+,42-39+,51-48+. The quantitative estimate of drug-likeness (QED) is 0.0321. The first-order valence-corrected chi connectivity index (χ1v) is 28.5. The fourth-order valence-electron chi connectivity index (χ4n) is 8.57. The van der Waals surface area contributed by atoms with Crippen molar-refractivity contribution in [1.82, 2.24) is 5.32 Å². The van der Waals surface area contributed by atoms with E-state index in [1.54, 1.807) is 0 Å². The zero-order valence-corrected chi connectivity index (χ0v) is 43.8. The Kier molecular flexibility index (Phi) is 51.5. The van der Waals surface area contributed by atoms with Crippen LogP contribution in [0.25, 0.3) is 0 Å².